The van der Waals surface area contributed by atoms with Crippen LogP contribution < -0.4 is 5.50 Å². The minimum Gasteiger partial charge on any atom is -0.477 e. The first-order chi connectivity index (χ1) is 10.0. The molecule has 1 N–H and O–H groups in total. The number of thiophene rings is 1. The topological polar surface area (TPSA) is 86.0 Å². The Hall–Kier alpha value is -1.40. The Kier molecular flexibility index (Phi) is 5.00. The molecule has 2 rings (SSSR count). The largest absolute Gasteiger partial charge is 0.477 e. The van der Waals surface area contributed by atoms with Gasteiger partial charge in [0.05, 0.1) is 13.2 Å². The maximum absolute atomic E-state index is 12.6. The average molecular weight is 330 g/mol. The van der Waals surface area contributed by atoms with Gasteiger partial charge in [-0.05, 0) is 37.4 Å². The molecule has 0 unspecified atom stereocenters. The summed E-state index contributed by atoms with van der Waals surface area (Å²) in [5.41, 5.74) is 0.516. The second-order valence-electron chi connectivity index (χ2n) is 3.94. The van der Waals surface area contributed by atoms with Crippen molar-refractivity contribution in [2.45, 2.75) is 13.8 Å². The third-order valence-electron chi connectivity index (χ3n) is 2.58. The molecule has 0 atom stereocenters. The minimum absolute atomic E-state index is 0.0729. The summed E-state index contributed by atoms with van der Waals surface area (Å²) in [7, 11) is -3.50. The van der Waals surface area contributed by atoms with Crippen molar-refractivity contribution in [2.75, 3.05) is 13.2 Å². The lowest BCUT2D eigenvalue weighted by atomic mass is 10.2. The van der Waals surface area contributed by atoms with Crippen molar-refractivity contribution in [3.8, 4) is 11.3 Å². The Morgan fingerprint density at radius 1 is 1.29 bits per heavy atom. The number of rotatable bonds is 7. The summed E-state index contributed by atoms with van der Waals surface area (Å²) in [5.74, 6) is -0.709. The molecule has 0 aliphatic heterocycles. The second-order valence-corrected chi connectivity index (χ2v) is 6.81. The van der Waals surface area contributed by atoms with Crippen LogP contribution in [0.1, 0.15) is 23.5 Å². The Labute approximate surface area is 125 Å². The van der Waals surface area contributed by atoms with E-state index in [9.17, 15) is 9.36 Å². The van der Waals surface area contributed by atoms with Gasteiger partial charge in [0.25, 0.3) is 0 Å². The van der Waals surface area contributed by atoms with E-state index in [0.29, 0.717) is 11.3 Å². The molecule has 0 radical (unpaired) electrons. The normalized spacial score (nSPS) is 11.7. The van der Waals surface area contributed by atoms with E-state index in [0.717, 1.165) is 11.3 Å². The van der Waals surface area contributed by atoms with Gasteiger partial charge in [-0.25, -0.2) is 4.79 Å². The molecule has 2 heterocycles. The van der Waals surface area contributed by atoms with Crippen molar-refractivity contribution >= 4 is 30.4 Å². The first kappa shape index (κ1) is 16.0. The van der Waals surface area contributed by atoms with Crippen LogP contribution in [-0.4, -0.2) is 24.3 Å². The van der Waals surface area contributed by atoms with E-state index in [1.165, 1.54) is 6.07 Å². The summed E-state index contributed by atoms with van der Waals surface area (Å²) in [6, 6.07) is 4.70. The van der Waals surface area contributed by atoms with E-state index < -0.39 is 13.6 Å². The predicted molar refractivity (Wildman–Crippen MR) is 79.5 cm³/mol. The van der Waals surface area contributed by atoms with Crippen LogP contribution >= 0.6 is 18.9 Å². The van der Waals surface area contributed by atoms with Gasteiger partial charge in [-0.2, -0.15) is 0 Å². The van der Waals surface area contributed by atoms with E-state index in [1.807, 2.05) is 0 Å². The average Bonchev–Trinajstić information content (AvgIpc) is 3.08. The summed E-state index contributed by atoms with van der Waals surface area (Å²) < 4.78 is 28.5. The Morgan fingerprint density at radius 3 is 2.52 bits per heavy atom. The van der Waals surface area contributed by atoms with Crippen molar-refractivity contribution in [1.29, 1.82) is 0 Å². The Morgan fingerprint density at radius 2 is 1.95 bits per heavy atom. The molecular weight excluding hydrogens is 315 g/mol. The van der Waals surface area contributed by atoms with Gasteiger partial charge in [-0.1, -0.05) is 0 Å². The van der Waals surface area contributed by atoms with Crippen molar-refractivity contribution in [3.05, 3.63) is 28.5 Å². The zero-order valence-corrected chi connectivity index (χ0v) is 13.3. The summed E-state index contributed by atoms with van der Waals surface area (Å²) in [4.78, 5) is 11.3. The van der Waals surface area contributed by atoms with Crippen LogP contribution in [0.5, 0.6) is 0 Å². The quantitative estimate of drug-likeness (QED) is 0.781. The van der Waals surface area contributed by atoms with Crippen molar-refractivity contribution in [2.24, 2.45) is 0 Å². The molecule has 21 heavy (non-hydrogen) atoms. The van der Waals surface area contributed by atoms with E-state index in [4.69, 9.17) is 18.6 Å². The van der Waals surface area contributed by atoms with Crippen LogP contribution in [0.25, 0.3) is 11.3 Å². The van der Waals surface area contributed by atoms with Crippen molar-refractivity contribution in [1.82, 2.24) is 0 Å². The molecule has 0 aliphatic rings. The number of carboxylic acids is 1. The van der Waals surface area contributed by atoms with Gasteiger partial charge in [-0.15, -0.1) is 11.3 Å². The number of aromatic carboxylic acids is 1. The number of carboxylic acid groups (broad SMARTS) is 1. The van der Waals surface area contributed by atoms with Crippen LogP contribution in [0.2, 0.25) is 0 Å². The summed E-state index contributed by atoms with van der Waals surface area (Å²) in [5, 5.41) is 10.8. The lowest BCUT2D eigenvalue weighted by Gasteiger charge is -2.13. The van der Waals surface area contributed by atoms with Gasteiger partial charge in [0.1, 0.15) is 10.6 Å². The van der Waals surface area contributed by atoms with Gasteiger partial charge in [0.15, 0.2) is 0 Å². The fraction of sp³-hybridized carbons (Fsp3) is 0.308. The second kappa shape index (κ2) is 6.58. The molecule has 2 aromatic rings. The van der Waals surface area contributed by atoms with Crippen LogP contribution in [-0.2, 0) is 13.6 Å². The van der Waals surface area contributed by atoms with Gasteiger partial charge < -0.3 is 18.6 Å². The molecular formula is C13H15O6PS. The number of carbonyl (C=O) groups is 1. The third kappa shape index (κ3) is 3.27. The predicted octanol–water partition coefficient (Wildman–Crippen LogP) is 3.60. The highest BCUT2D eigenvalue weighted by Gasteiger charge is 2.31. The highest BCUT2D eigenvalue weighted by molar-refractivity contribution is 7.61. The number of hydrogen-bond donors (Lipinski definition) is 1. The molecule has 6 nitrogen and oxygen atoms in total. The van der Waals surface area contributed by atoms with Crippen LogP contribution in [0.15, 0.2) is 28.0 Å². The Balaban J connectivity index is 2.39. The highest BCUT2D eigenvalue weighted by Crippen LogP contribution is 2.48. The zero-order chi connectivity index (χ0) is 15.5. The van der Waals surface area contributed by atoms with Gasteiger partial charge in [0.2, 0.25) is 5.50 Å². The summed E-state index contributed by atoms with van der Waals surface area (Å²) in [6.45, 7) is 3.84. The standard InChI is InChI=1S/C13H15O6PS/c1-3-17-20(16,18-4-2)11-6-5-10(19-11)9-7-8-21-12(9)13(14)15/h5-8H,3-4H2,1-2H3,(H,14,15). The SMILES string of the molecule is CCOP(=O)(OCC)c1ccc(-c2ccsc2C(=O)O)o1. The van der Waals surface area contributed by atoms with Crippen LogP contribution in [0, 0.1) is 0 Å². The van der Waals surface area contributed by atoms with Crippen molar-refractivity contribution in [3.63, 3.8) is 0 Å². The van der Waals surface area contributed by atoms with Gasteiger partial charge >= 0.3 is 13.6 Å². The summed E-state index contributed by atoms with van der Waals surface area (Å²) in [6.07, 6.45) is 0. The van der Waals surface area contributed by atoms with Crippen LogP contribution in [0.3, 0.4) is 0 Å². The van der Waals surface area contributed by atoms with E-state index in [2.05, 4.69) is 0 Å². The maximum atomic E-state index is 12.6. The highest BCUT2D eigenvalue weighted by atomic mass is 32.1. The van der Waals surface area contributed by atoms with Crippen molar-refractivity contribution < 1.29 is 27.9 Å². The third-order valence-corrected chi connectivity index (χ3v) is 5.46. The molecule has 0 saturated heterocycles. The Bertz CT molecular complexity index is 664. The first-order valence-corrected chi connectivity index (χ1v) is 8.74. The first-order valence-electron chi connectivity index (χ1n) is 6.32. The molecule has 114 valence electrons. The number of hydrogen-bond acceptors (Lipinski definition) is 6. The molecule has 0 saturated carbocycles. The maximum Gasteiger partial charge on any atom is 0.396 e. The van der Waals surface area contributed by atoms with E-state index in [1.54, 1.807) is 31.4 Å². The number of furan rings is 1. The fourth-order valence-electron chi connectivity index (χ4n) is 1.79. The molecule has 0 amide bonds. The molecule has 0 aliphatic carbocycles. The smallest absolute Gasteiger partial charge is 0.396 e. The van der Waals surface area contributed by atoms with Crippen LogP contribution in [0.4, 0.5) is 0 Å². The lowest BCUT2D eigenvalue weighted by Crippen LogP contribution is -2.08. The molecule has 0 fully saturated rings. The zero-order valence-electron chi connectivity index (χ0n) is 11.6. The minimum atomic E-state index is -3.50. The van der Waals surface area contributed by atoms with Gasteiger partial charge in [0, 0.05) is 5.56 Å². The molecule has 0 spiro atoms. The molecule has 8 heteroatoms. The monoisotopic (exact) mass is 330 g/mol. The molecule has 0 aromatic carbocycles. The van der Waals surface area contributed by atoms with E-state index >= 15 is 0 Å². The summed E-state index contributed by atoms with van der Waals surface area (Å²) >= 11 is 1.10. The van der Waals surface area contributed by atoms with Gasteiger partial charge in [-0.3, -0.25) is 4.57 Å². The molecule has 2 aromatic heterocycles. The fourth-order valence-corrected chi connectivity index (χ4v) is 4.01. The lowest BCUT2D eigenvalue weighted by molar-refractivity contribution is 0.0702. The van der Waals surface area contributed by atoms with E-state index in [-0.39, 0.29) is 23.6 Å². The molecule has 0 bridgehead atoms.